The van der Waals surface area contributed by atoms with Crippen molar-refractivity contribution in [3.05, 3.63) is 105 Å². The predicted octanol–water partition coefficient (Wildman–Crippen LogP) is 8.15. The predicted molar refractivity (Wildman–Crippen MR) is 200 cm³/mol. The lowest BCUT2D eigenvalue weighted by Crippen LogP contribution is -2.00. The molecule has 0 radical (unpaired) electrons. The third-order valence-corrected chi connectivity index (χ3v) is 10.1. The summed E-state index contributed by atoms with van der Waals surface area (Å²) in [4.78, 5) is 37.1. The van der Waals surface area contributed by atoms with Gasteiger partial charge in [0.2, 0.25) is 0 Å². The number of nitrogens with zero attached hydrogens (tertiary/aromatic N) is 3. The molecule has 1 aromatic carbocycles. The van der Waals surface area contributed by atoms with Crippen LogP contribution in [-0.2, 0) is 16.1 Å². The molecule has 2 aliphatic rings. The molecule has 2 unspecified atom stereocenters. The molecule has 5 heterocycles. The average Bonchev–Trinajstić information content (AvgIpc) is 3.71. The topological polar surface area (TPSA) is 162 Å². The zero-order chi connectivity index (χ0) is 36.7. The Balaban J connectivity index is 1.81. The monoisotopic (exact) mass is 688 g/mol. The van der Waals surface area contributed by atoms with Crippen LogP contribution >= 0.6 is 0 Å². The number of allylic oxidation sites excluding steroid dienone is 4. The lowest BCUT2D eigenvalue weighted by Gasteiger charge is -2.09. The molecule has 3 aromatic heterocycles. The molecular weight excluding hydrogens is 644 g/mol. The maximum atomic E-state index is 11.8. The Morgan fingerprint density at radius 3 is 1.76 bits per heavy atom. The van der Waals surface area contributed by atoms with Crippen LogP contribution in [0, 0.1) is 13.8 Å². The third-order valence-electron chi connectivity index (χ3n) is 10.1. The van der Waals surface area contributed by atoms with Crippen molar-refractivity contribution in [3.8, 4) is 0 Å². The summed E-state index contributed by atoms with van der Waals surface area (Å²) in [6.07, 6.45) is -1.29. The van der Waals surface area contributed by atoms with E-state index < -0.39 is 24.1 Å². The Bertz CT molecular complexity index is 2290. The van der Waals surface area contributed by atoms with Gasteiger partial charge < -0.3 is 30.0 Å². The molecule has 2 atom stereocenters. The molecule has 0 aliphatic carbocycles. The Labute approximate surface area is 296 Å². The van der Waals surface area contributed by atoms with Gasteiger partial charge in [-0.05, 0) is 118 Å². The van der Waals surface area contributed by atoms with Crippen LogP contribution in [0.3, 0.4) is 0 Å². The van der Waals surface area contributed by atoms with Gasteiger partial charge in [-0.3, -0.25) is 9.59 Å². The number of aryl methyl sites for hydroxylation is 2. The first-order chi connectivity index (χ1) is 24.2. The molecular formula is C41H44N4O6. The summed E-state index contributed by atoms with van der Waals surface area (Å²) in [6.45, 7) is 11.8. The second-order valence-electron chi connectivity index (χ2n) is 13.6. The van der Waals surface area contributed by atoms with Gasteiger partial charge in [0.15, 0.2) is 0 Å². The Morgan fingerprint density at radius 1 is 0.686 bits per heavy atom. The van der Waals surface area contributed by atoms with E-state index in [-0.39, 0.29) is 25.7 Å². The van der Waals surface area contributed by atoms with Gasteiger partial charge in [0.1, 0.15) is 0 Å². The summed E-state index contributed by atoms with van der Waals surface area (Å²) < 4.78 is 2.18. The maximum Gasteiger partial charge on any atom is 0.303 e. The van der Waals surface area contributed by atoms with Crippen molar-refractivity contribution in [1.82, 2.24) is 19.5 Å². The number of hydrogen-bond acceptors (Lipinski definition) is 6. The molecule has 0 saturated carbocycles. The fourth-order valence-electron chi connectivity index (χ4n) is 7.47. The summed E-state index contributed by atoms with van der Waals surface area (Å²) in [7, 11) is 0. The van der Waals surface area contributed by atoms with Crippen molar-refractivity contribution in [2.45, 2.75) is 86.0 Å². The smallest absolute Gasteiger partial charge is 0.303 e. The first kappa shape index (κ1) is 35.5. The van der Waals surface area contributed by atoms with Gasteiger partial charge in [-0.1, -0.05) is 30.3 Å². The number of carboxylic acids is 2. The number of H-pyrrole nitrogens is 1. The number of carboxylic acid groups (broad SMARTS) is 2. The fourth-order valence-corrected chi connectivity index (χ4v) is 7.47. The number of aliphatic carboxylic acids is 2. The van der Waals surface area contributed by atoms with Crippen LogP contribution in [0.5, 0.6) is 0 Å². The number of nitrogens with one attached hydrogen (secondary N) is 1. The summed E-state index contributed by atoms with van der Waals surface area (Å²) in [5, 5.41) is 41.5. The van der Waals surface area contributed by atoms with Gasteiger partial charge in [0.25, 0.3) is 0 Å². The van der Waals surface area contributed by atoms with Crippen LogP contribution in [-0.4, -0.2) is 51.9 Å². The van der Waals surface area contributed by atoms with Crippen molar-refractivity contribution >= 4 is 56.3 Å². The lowest BCUT2D eigenvalue weighted by atomic mass is 9.98. The van der Waals surface area contributed by atoms with Crippen LogP contribution in [0.2, 0.25) is 0 Å². The lowest BCUT2D eigenvalue weighted by molar-refractivity contribution is -0.137. The van der Waals surface area contributed by atoms with E-state index in [4.69, 9.17) is 9.97 Å². The van der Waals surface area contributed by atoms with E-state index in [1.54, 1.807) is 13.8 Å². The standard InChI is InChI=1S/C41H44N4O6/c1-21-28(12-14-38(48)49)33-17-34-29(13-15-39(50)51)22(2)31(43-34)18-36-24(4)41(26(6)47)37(45(36)20-27-10-8-7-9-11-27)19-32-23(3)40(25(5)46)35(44-32)16-30(21)42-33/h7-11,16-19,25-26,44,46-47H,12-15,20H2,1-6H3,(H,48,49)(H,50,51). The van der Waals surface area contributed by atoms with Crippen molar-refractivity contribution in [3.63, 3.8) is 0 Å². The van der Waals surface area contributed by atoms with Crippen molar-refractivity contribution in [2.24, 2.45) is 0 Å². The van der Waals surface area contributed by atoms with Gasteiger partial charge in [-0.15, -0.1) is 0 Å². The molecule has 10 heteroatoms. The summed E-state index contributed by atoms with van der Waals surface area (Å²) in [5.74, 6) is -1.84. The number of carbonyl (C=O) groups is 2. The van der Waals surface area contributed by atoms with Crippen molar-refractivity contribution in [1.29, 1.82) is 0 Å². The highest BCUT2D eigenvalue weighted by molar-refractivity contribution is 5.96. The largest absolute Gasteiger partial charge is 0.481 e. The van der Waals surface area contributed by atoms with Crippen molar-refractivity contribution in [2.75, 3.05) is 0 Å². The van der Waals surface area contributed by atoms with Crippen molar-refractivity contribution < 1.29 is 30.0 Å². The zero-order valence-corrected chi connectivity index (χ0v) is 29.8. The maximum absolute atomic E-state index is 11.8. The first-order valence-electron chi connectivity index (χ1n) is 17.2. The highest BCUT2D eigenvalue weighted by Crippen LogP contribution is 2.39. The molecule has 0 fully saturated rings. The van der Waals surface area contributed by atoms with E-state index in [9.17, 15) is 30.0 Å². The molecule has 51 heavy (non-hydrogen) atoms. The van der Waals surface area contributed by atoms with Crippen LogP contribution in [0.1, 0.15) is 116 Å². The Kier molecular flexibility index (Phi) is 9.83. The van der Waals surface area contributed by atoms with Gasteiger partial charge in [0.05, 0.1) is 35.0 Å². The van der Waals surface area contributed by atoms with E-state index in [1.807, 2.05) is 70.2 Å². The van der Waals surface area contributed by atoms with Crippen LogP contribution < -0.4 is 0 Å². The van der Waals surface area contributed by atoms with E-state index in [1.165, 1.54) is 0 Å². The number of hydrogen-bond donors (Lipinski definition) is 5. The Hall–Kier alpha value is -5.32. The zero-order valence-electron chi connectivity index (χ0n) is 29.8. The van der Waals surface area contributed by atoms with E-state index in [0.717, 1.165) is 61.1 Å². The van der Waals surface area contributed by atoms with Gasteiger partial charge in [-0.25, -0.2) is 9.97 Å². The second kappa shape index (κ2) is 14.1. The molecule has 6 rings (SSSR count). The third kappa shape index (κ3) is 6.89. The highest BCUT2D eigenvalue weighted by Gasteiger charge is 2.24. The molecule has 10 nitrogen and oxygen atoms in total. The van der Waals surface area contributed by atoms with Gasteiger partial charge >= 0.3 is 11.9 Å². The highest BCUT2D eigenvalue weighted by atomic mass is 16.4. The molecule has 264 valence electrons. The normalized spacial score (nSPS) is 14.3. The van der Waals surface area contributed by atoms with E-state index in [0.29, 0.717) is 40.4 Å². The summed E-state index contributed by atoms with van der Waals surface area (Å²) in [5.41, 5.74) is 13.1. The molecule has 0 amide bonds. The van der Waals surface area contributed by atoms with E-state index >= 15 is 0 Å². The number of aliphatic hydroxyl groups is 2. The second-order valence-corrected chi connectivity index (χ2v) is 13.6. The number of benzene rings is 1. The fraction of sp³-hybridized carbons (Fsp3) is 0.317. The van der Waals surface area contributed by atoms with Crippen LogP contribution in [0.15, 0.2) is 54.6 Å². The van der Waals surface area contributed by atoms with Gasteiger partial charge in [-0.2, -0.15) is 0 Å². The summed E-state index contributed by atoms with van der Waals surface area (Å²) >= 11 is 0. The minimum Gasteiger partial charge on any atom is -0.481 e. The molecule has 8 bridgehead atoms. The van der Waals surface area contributed by atoms with E-state index in [2.05, 4.69) is 21.7 Å². The minimum atomic E-state index is -0.923. The molecule has 0 saturated heterocycles. The number of aromatic amines is 1. The van der Waals surface area contributed by atoms with Crippen LogP contribution in [0.25, 0.3) is 44.4 Å². The quantitative estimate of drug-likeness (QED) is 0.112. The van der Waals surface area contributed by atoms with Crippen LogP contribution in [0.4, 0.5) is 0 Å². The number of aliphatic hydroxyl groups excluding tert-OH is 2. The van der Waals surface area contributed by atoms with Gasteiger partial charge in [0, 0.05) is 52.6 Å². The minimum absolute atomic E-state index is 0.0870. The molecule has 5 N–H and O–H groups in total. The molecule has 0 spiro atoms. The molecule has 2 aliphatic heterocycles. The summed E-state index contributed by atoms with van der Waals surface area (Å²) in [6, 6.07) is 17.8. The average molecular weight is 689 g/mol. The number of fused-ring (bicyclic) bond motifs is 8. The molecule has 4 aromatic rings. The number of aromatic nitrogens is 4. The Morgan fingerprint density at radius 2 is 1.24 bits per heavy atom. The number of rotatable bonds is 10. The SMILES string of the molecule is CC1=C(CCC(=O)O)c2cc3nc(cc4c(C)c(C(C)O)c(cc5[nH]c(cc1n2)c(C(C)O)c5C)n4Cc1ccccc1)C(C)=C3CCC(=O)O. The first-order valence-corrected chi connectivity index (χ1v) is 17.2.